The standard InChI is InChI=1S/C2H3NS.H3N/c1-4-2-3;/h1H3;1H3. The SMILES string of the molecule is CSC#N.N. The molecule has 0 saturated carbocycles. The second kappa shape index (κ2) is 9.20. The minimum absolute atomic E-state index is 0. The van der Waals surface area contributed by atoms with E-state index in [1.165, 1.54) is 0 Å². The van der Waals surface area contributed by atoms with Crippen LogP contribution in [-0.2, 0) is 0 Å². The molecule has 0 aromatic rings. The molecule has 0 amide bonds. The van der Waals surface area contributed by atoms with Crippen LogP contribution in [0.25, 0.3) is 0 Å². The lowest BCUT2D eigenvalue weighted by molar-refractivity contribution is 1.57. The fourth-order valence-corrected chi connectivity index (χ4v) is 0. The minimum Gasteiger partial charge on any atom is -0.344 e. The first-order valence-corrected chi connectivity index (χ1v) is 2.06. The molecular weight excluding hydrogens is 84.1 g/mol. The number of hydrogen-bond donors (Lipinski definition) is 1. The first kappa shape index (κ1) is 8.84. The highest BCUT2D eigenvalue weighted by Crippen LogP contribution is 1.78. The fourth-order valence-electron chi connectivity index (χ4n) is 0. The third kappa shape index (κ3) is 19.2. The van der Waals surface area contributed by atoms with Crippen molar-refractivity contribution in [1.82, 2.24) is 6.15 Å². The minimum atomic E-state index is 0. The van der Waals surface area contributed by atoms with Crippen molar-refractivity contribution in [3.63, 3.8) is 0 Å². The zero-order valence-corrected chi connectivity index (χ0v) is 3.88. The van der Waals surface area contributed by atoms with E-state index in [1.54, 1.807) is 6.26 Å². The summed E-state index contributed by atoms with van der Waals surface area (Å²) in [6, 6.07) is 0. The predicted octanol–water partition coefficient (Wildman–Crippen LogP) is 0.992. The average molecular weight is 90.2 g/mol. The van der Waals surface area contributed by atoms with Crippen LogP contribution in [0.1, 0.15) is 0 Å². The summed E-state index contributed by atoms with van der Waals surface area (Å²) in [5, 5.41) is 9.44. The summed E-state index contributed by atoms with van der Waals surface area (Å²) in [4.78, 5) is 0. The quantitative estimate of drug-likeness (QED) is 0.451. The van der Waals surface area contributed by atoms with Gasteiger partial charge in [0.05, 0.1) is 0 Å². The molecule has 3 heteroatoms. The largest absolute Gasteiger partial charge is 0.344 e. The molecule has 0 atom stereocenters. The first-order valence-electron chi connectivity index (χ1n) is 0.836. The van der Waals surface area contributed by atoms with Gasteiger partial charge in [-0.2, -0.15) is 5.26 Å². The summed E-state index contributed by atoms with van der Waals surface area (Å²) in [7, 11) is 0. The molecule has 0 heterocycles. The monoisotopic (exact) mass is 90.0 g/mol. The molecule has 0 rings (SSSR count). The van der Waals surface area contributed by atoms with Crippen molar-refractivity contribution in [2.24, 2.45) is 0 Å². The van der Waals surface area contributed by atoms with E-state index < -0.39 is 0 Å². The molecule has 0 aliphatic heterocycles. The van der Waals surface area contributed by atoms with Gasteiger partial charge in [0.25, 0.3) is 0 Å². The van der Waals surface area contributed by atoms with Gasteiger partial charge in [-0.1, -0.05) is 0 Å². The fraction of sp³-hybridized carbons (Fsp3) is 0.500. The first-order chi connectivity index (χ1) is 1.91. The third-order valence-electron chi connectivity index (χ3n) is 0.0913. The van der Waals surface area contributed by atoms with E-state index in [1.807, 2.05) is 5.40 Å². The Balaban J connectivity index is 0. The molecule has 0 fully saturated rings. The Morgan fingerprint density at radius 3 is 2.00 bits per heavy atom. The molecule has 5 heavy (non-hydrogen) atoms. The lowest BCUT2D eigenvalue weighted by Crippen LogP contribution is -1.27. The molecule has 0 unspecified atom stereocenters. The smallest absolute Gasteiger partial charge is 0.133 e. The van der Waals surface area contributed by atoms with Gasteiger partial charge in [-0.3, -0.25) is 0 Å². The van der Waals surface area contributed by atoms with Crippen molar-refractivity contribution in [2.45, 2.75) is 0 Å². The van der Waals surface area contributed by atoms with Crippen molar-refractivity contribution < 1.29 is 0 Å². The molecule has 0 radical (unpaired) electrons. The lowest BCUT2D eigenvalue weighted by Gasteiger charge is -1.47. The Kier molecular flexibility index (Phi) is 16.3. The van der Waals surface area contributed by atoms with Gasteiger partial charge in [0.1, 0.15) is 5.40 Å². The van der Waals surface area contributed by atoms with Gasteiger partial charge in [-0.25, -0.2) is 0 Å². The van der Waals surface area contributed by atoms with E-state index in [0.29, 0.717) is 0 Å². The van der Waals surface area contributed by atoms with Gasteiger partial charge in [-0.15, -0.1) is 0 Å². The van der Waals surface area contributed by atoms with Crippen LogP contribution in [0.3, 0.4) is 0 Å². The normalized spacial score (nSPS) is 4.00. The van der Waals surface area contributed by atoms with Crippen molar-refractivity contribution in [2.75, 3.05) is 6.26 Å². The number of thiocyanates is 1. The van der Waals surface area contributed by atoms with Crippen LogP contribution in [0, 0.1) is 10.7 Å². The Labute approximate surface area is 35.8 Å². The van der Waals surface area contributed by atoms with Gasteiger partial charge in [-0.05, 0) is 18.0 Å². The Morgan fingerprint density at radius 1 is 1.80 bits per heavy atom. The molecular formula is C2H6N2S. The number of rotatable bonds is 0. The molecule has 0 aromatic heterocycles. The van der Waals surface area contributed by atoms with Gasteiger partial charge >= 0.3 is 0 Å². The van der Waals surface area contributed by atoms with E-state index in [2.05, 4.69) is 0 Å². The maximum absolute atomic E-state index is 7.59. The topological polar surface area (TPSA) is 58.8 Å². The molecule has 0 aliphatic rings. The highest BCUT2D eigenvalue weighted by molar-refractivity contribution is 8.03. The van der Waals surface area contributed by atoms with Crippen molar-refractivity contribution in [3.05, 3.63) is 0 Å². The summed E-state index contributed by atoms with van der Waals surface area (Å²) in [5.41, 5.74) is 0. The Bertz CT molecular complexity index is 37.4. The highest BCUT2D eigenvalue weighted by Gasteiger charge is 1.49. The van der Waals surface area contributed by atoms with E-state index >= 15 is 0 Å². The molecule has 0 aromatic carbocycles. The zero-order valence-electron chi connectivity index (χ0n) is 3.06. The van der Waals surface area contributed by atoms with Crippen LogP contribution >= 0.6 is 11.8 Å². The predicted molar refractivity (Wildman–Crippen MR) is 24.2 cm³/mol. The van der Waals surface area contributed by atoms with Crippen LogP contribution in [0.15, 0.2) is 0 Å². The molecule has 0 spiro atoms. The average Bonchev–Trinajstić information content (AvgIpc) is 1.37. The van der Waals surface area contributed by atoms with E-state index in [-0.39, 0.29) is 6.15 Å². The summed E-state index contributed by atoms with van der Waals surface area (Å²) in [5.74, 6) is 0. The Hall–Kier alpha value is -0.200. The molecule has 0 aliphatic carbocycles. The summed E-state index contributed by atoms with van der Waals surface area (Å²) < 4.78 is 0. The highest BCUT2D eigenvalue weighted by atomic mass is 32.2. The number of thioether (sulfide) groups is 1. The number of nitrogens with zero attached hydrogens (tertiary/aromatic N) is 1. The van der Waals surface area contributed by atoms with Gasteiger partial charge in [0.2, 0.25) is 0 Å². The van der Waals surface area contributed by atoms with E-state index in [0.717, 1.165) is 11.8 Å². The summed E-state index contributed by atoms with van der Waals surface area (Å²) in [6.07, 6.45) is 1.74. The van der Waals surface area contributed by atoms with Gasteiger partial charge in [0, 0.05) is 0 Å². The van der Waals surface area contributed by atoms with E-state index in [9.17, 15) is 0 Å². The number of hydrogen-bond acceptors (Lipinski definition) is 3. The zero-order chi connectivity index (χ0) is 3.41. The third-order valence-corrected chi connectivity index (χ3v) is 0.274. The maximum atomic E-state index is 7.59. The summed E-state index contributed by atoms with van der Waals surface area (Å²) in [6.45, 7) is 0. The molecule has 0 bridgehead atoms. The second-order valence-electron chi connectivity index (χ2n) is 0.295. The summed E-state index contributed by atoms with van der Waals surface area (Å²) >= 11 is 1.16. The molecule has 0 saturated heterocycles. The van der Waals surface area contributed by atoms with E-state index in [4.69, 9.17) is 5.26 Å². The van der Waals surface area contributed by atoms with Crippen LogP contribution in [-0.4, -0.2) is 6.26 Å². The lowest BCUT2D eigenvalue weighted by atomic mass is 11.8. The van der Waals surface area contributed by atoms with Crippen LogP contribution in [0.4, 0.5) is 0 Å². The maximum Gasteiger partial charge on any atom is 0.133 e. The van der Waals surface area contributed by atoms with Crippen LogP contribution in [0.5, 0.6) is 0 Å². The Morgan fingerprint density at radius 2 is 2.00 bits per heavy atom. The van der Waals surface area contributed by atoms with Gasteiger partial charge < -0.3 is 6.15 Å². The molecule has 30 valence electrons. The molecule has 3 N–H and O–H groups in total. The number of nitriles is 1. The van der Waals surface area contributed by atoms with Gasteiger partial charge in [0.15, 0.2) is 0 Å². The van der Waals surface area contributed by atoms with Crippen LogP contribution in [0.2, 0.25) is 0 Å². The van der Waals surface area contributed by atoms with Crippen molar-refractivity contribution in [1.29, 1.82) is 5.26 Å². The van der Waals surface area contributed by atoms with Crippen molar-refractivity contribution in [3.8, 4) is 5.40 Å². The van der Waals surface area contributed by atoms with Crippen LogP contribution < -0.4 is 6.15 Å². The molecule has 2 nitrogen and oxygen atoms in total. The van der Waals surface area contributed by atoms with Crippen molar-refractivity contribution >= 4 is 11.8 Å². The second-order valence-corrected chi connectivity index (χ2v) is 0.886.